The minimum atomic E-state index is -3.56. The van der Waals surface area contributed by atoms with Crippen molar-refractivity contribution in [2.24, 2.45) is 0 Å². The summed E-state index contributed by atoms with van der Waals surface area (Å²) in [5.41, 5.74) is 0. The Bertz CT molecular complexity index is 235. The minimum Gasteiger partial charge on any atom is -0.377 e. The van der Waals surface area contributed by atoms with E-state index >= 15 is 0 Å². The van der Waals surface area contributed by atoms with Crippen LogP contribution in [0.15, 0.2) is 0 Å². The molecule has 1 aliphatic rings. The van der Waals surface area contributed by atoms with Gasteiger partial charge in [0.25, 0.3) is 9.24 Å². The molecule has 72 valence electrons. The number of likely N-dealkylation sites (N-methyl/N-ethyl adjacent to an activating group) is 1. The number of nitrogens with zero attached hydrogens (tertiary/aromatic N) is 1. The van der Waals surface area contributed by atoms with Gasteiger partial charge in [-0.05, 0) is 12.8 Å². The number of rotatable bonds is 3. The second-order valence-electron chi connectivity index (χ2n) is 2.86. The first kappa shape index (κ1) is 10.2. The van der Waals surface area contributed by atoms with Gasteiger partial charge in [-0.3, -0.25) is 0 Å². The van der Waals surface area contributed by atoms with Crippen molar-refractivity contribution in [3.63, 3.8) is 0 Å². The molecule has 0 aromatic heterocycles. The van der Waals surface area contributed by atoms with Gasteiger partial charge < -0.3 is 4.74 Å². The molecule has 0 amide bonds. The van der Waals surface area contributed by atoms with Crippen molar-refractivity contribution < 1.29 is 13.2 Å². The third-order valence-electron chi connectivity index (χ3n) is 1.86. The van der Waals surface area contributed by atoms with Crippen LogP contribution < -0.4 is 0 Å². The van der Waals surface area contributed by atoms with Gasteiger partial charge >= 0.3 is 0 Å². The molecule has 1 rings (SSSR count). The third-order valence-corrected chi connectivity index (χ3v) is 3.46. The summed E-state index contributed by atoms with van der Waals surface area (Å²) >= 11 is 0. The molecule has 0 radical (unpaired) electrons. The Hall–Kier alpha value is 0.160. The van der Waals surface area contributed by atoms with E-state index in [4.69, 9.17) is 15.4 Å². The molecule has 4 nitrogen and oxygen atoms in total. The minimum absolute atomic E-state index is 0.0172. The number of hydrogen-bond acceptors (Lipinski definition) is 3. The van der Waals surface area contributed by atoms with Gasteiger partial charge in [0.2, 0.25) is 0 Å². The summed E-state index contributed by atoms with van der Waals surface area (Å²) in [6, 6.07) is 0. The summed E-state index contributed by atoms with van der Waals surface area (Å²) in [5.74, 6) is 0. The predicted molar refractivity (Wildman–Crippen MR) is 46.4 cm³/mol. The first-order valence-electron chi connectivity index (χ1n) is 3.77. The van der Waals surface area contributed by atoms with Crippen molar-refractivity contribution in [2.75, 3.05) is 20.2 Å². The maximum atomic E-state index is 10.8. The van der Waals surface area contributed by atoms with Crippen LogP contribution in [0.1, 0.15) is 12.8 Å². The van der Waals surface area contributed by atoms with E-state index in [-0.39, 0.29) is 6.10 Å². The summed E-state index contributed by atoms with van der Waals surface area (Å²) in [5, 5.41) is 0. The van der Waals surface area contributed by atoms with E-state index in [1.165, 1.54) is 7.05 Å². The summed E-state index contributed by atoms with van der Waals surface area (Å²) in [6.45, 7) is 1.08. The summed E-state index contributed by atoms with van der Waals surface area (Å²) in [4.78, 5) is 0. The van der Waals surface area contributed by atoms with E-state index in [2.05, 4.69) is 0 Å². The fourth-order valence-electron chi connectivity index (χ4n) is 1.16. The second-order valence-corrected chi connectivity index (χ2v) is 5.48. The van der Waals surface area contributed by atoms with Gasteiger partial charge in [0.05, 0.1) is 6.10 Å². The van der Waals surface area contributed by atoms with Crippen LogP contribution in [0.4, 0.5) is 0 Å². The molecule has 0 N–H and O–H groups in total. The number of halogens is 1. The highest BCUT2D eigenvalue weighted by Crippen LogP contribution is 2.15. The zero-order valence-corrected chi connectivity index (χ0v) is 8.44. The molecular formula is C6H12ClNO3S. The molecule has 1 heterocycles. The summed E-state index contributed by atoms with van der Waals surface area (Å²) < 4.78 is 27.9. The Balaban J connectivity index is 2.40. The average molecular weight is 214 g/mol. The Labute approximate surface area is 77.0 Å². The van der Waals surface area contributed by atoms with E-state index in [1.54, 1.807) is 0 Å². The maximum absolute atomic E-state index is 10.8. The van der Waals surface area contributed by atoms with Crippen molar-refractivity contribution >= 4 is 19.9 Å². The van der Waals surface area contributed by atoms with Gasteiger partial charge in [0.15, 0.2) is 0 Å². The third kappa shape index (κ3) is 2.90. The second kappa shape index (κ2) is 3.91. The lowest BCUT2D eigenvalue weighted by atomic mass is 10.2. The van der Waals surface area contributed by atoms with Crippen LogP contribution >= 0.6 is 10.7 Å². The molecule has 0 aliphatic carbocycles. The smallest absolute Gasteiger partial charge is 0.299 e. The summed E-state index contributed by atoms with van der Waals surface area (Å²) in [6.07, 6.45) is 1.93. The van der Waals surface area contributed by atoms with E-state index in [0.717, 1.165) is 23.8 Å². The molecule has 1 fully saturated rings. The van der Waals surface area contributed by atoms with Gasteiger partial charge in [-0.1, -0.05) is 0 Å². The lowest BCUT2D eigenvalue weighted by Gasteiger charge is -2.16. The average Bonchev–Trinajstić information content (AvgIpc) is 2.37. The zero-order valence-electron chi connectivity index (χ0n) is 6.86. The molecule has 0 bridgehead atoms. The lowest BCUT2D eigenvalue weighted by Crippen LogP contribution is -2.31. The van der Waals surface area contributed by atoms with Crippen LogP contribution in [0, 0.1) is 0 Å². The first-order valence-corrected chi connectivity index (χ1v) is 6.04. The number of ether oxygens (including phenoxy) is 1. The number of hydrogen-bond donors (Lipinski definition) is 0. The topological polar surface area (TPSA) is 46.6 Å². The van der Waals surface area contributed by atoms with Gasteiger partial charge in [0, 0.05) is 30.9 Å². The van der Waals surface area contributed by atoms with Crippen molar-refractivity contribution in [1.29, 1.82) is 0 Å². The monoisotopic (exact) mass is 213 g/mol. The van der Waals surface area contributed by atoms with E-state index in [1.807, 2.05) is 0 Å². The Morgan fingerprint density at radius 3 is 2.75 bits per heavy atom. The van der Waals surface area contributed by atoms with Crippen LogP contribution in [0.3, 0.4) is 0 Å². The highest BCUT2D eigenvalue weighted by molar-refractivity contribution is 8.11. The molecule has 0 aromatic carbocycles. The van der Waals surface area contributed by atoms with E-state index in [9.17, 15) is 8.42 Å². The Morgan fingerprint density at radius 1 is 1.67 bits per heavy atom. The SMILES string of the molecule is CN(CC1CCCO1)S(=O)(=O)Cl. The molecule has 12 heavy (non-hydrogen) atoms. The molecule has 1 unspecified atom stereocenters. The molecular weight excluding hydrogens is 202 g/mol. The lowest BCUT2D eigenvalue weighted by molar-refractivity contribution is 0.0983. The highest BCUT2D eigenvalue weighted by Gasteiger charge is 2.22. The van der Waals surface area contributed by atoms with Gasteiger partial charge in [-0.2, -0.15) is 12.7 Å². The molecule has 1 saturated heterocycles. The van der Waals surface area contributed by atoms with Gasteiger partial charge in [0.1, 0.15) is 0 Å². The van der Waals surface area contributed by atoms with Crippen LogP contribution in [-0.2, 0) is 14.0 Å². The van der Waals surface area contributed by atoms with Crippen LogP contribution in [0.5, 0.6) is 0 Å². The molecule has 0 saturated carbocycles. The molecule has 6 heteroatoms. The van der Waals surface area contributed by atoms with Gasteiger partial charge in [-0.25, -0.2) is 0 Å². The Kier molecular flexibility index (Phi) is 3.34. The van der Waals surface area contributed by atoms with Crippen molar-refractivity contribution in [3.05, 3.63) is 0 Å². The fraction of sp³-hybridized carbons (Fsp3) is 1.00. The van der Waals surface area contributed by atoms with E-state index < -0.39 is 9.24 Å². The highest BCUT2D eigenvalue weighted by atomic mass is 35.7. The van der Waals surface area contributed by atoms with Crippen molar-refractivity contribution in [2.45, 2.75) is 18.9 Å². The zero-order chi connectivity index (χ0) is 9.19. The quantitative estimate of drug-likeness (QED) is 0.645. The normalized spacial score (nSPS) is 25.1. The van der Waals surface area contributed by atoms with Crippen LogP contribution in [0.25, 0.3) is 0 Å². The van der Waals surface area contributed by atoms with E-state index in [0.29, 0.717) is 6.54 Å². The molecule has 0 aromatic rings. The predicted octanol–water partition coefficient (Wildman–Crippen LogP) is 0.581. The van der Waals surface area contributed by atoms with Crippen molar-refractivity contribution in [3.8, 4) is 0 Å². The molecule has 0 spiro atoms. The molecule has 1 atom stereocenters. The molecule has 1 aliphatic heterocycles. The van der Waals surface area contributed by atoms with Gasteiger partial charge in [-0.15, -0.1) is 0 Å². The largest absolute Gasteiger partial charge is 0.377 e. The Morgan fingerprint density at radius 2 is 2.33 bits per heavy atom. The fourth-order valence-corrected chi connectivity index (χ4v) is 1.68. The maximum Gasteiger partial charge on any atom is 0.299 e. The first-order chi connectivity index (χ1) is 5.50. The van der Waals surface area contributed by atoms with Crippen LogP contribution in [-0.4, -0.2) is 39.0 Å². The van der Waals surface area contributed by atoms with Crippen molar-refractivity contribution in [1.82, 2.24) is 4.31 Å². The summed E-state index contributed by atoms with van der Waals surface area (Å²) in [7, 11) is 2.99. The standard InChI is InChI=1S/C6H12ClNO3S/c1-8(12(7,9)10)5-6-3-2-4-11-6/h6H,2-5H2,1H3. The van der Waals surface area contributed by atoms with Crippen LogP contribution in [0.2, 0.25) is 0 Å².